The summed E-state index contributed by atoms with van der Waals surface area (Å²) < 4.78 is 16.1. The fourth-order valence-electron chi connectivity index (χ4n) is 3.65. The third-order valence-corrected chi connectivity index (χ3v) is 6.20. The van der Waals surface area contributed by atoms with Crippen LogP contribution in [-0.4, -0.2) is 47.2 Å². The number of furan rings is 1. The predicted octanol–water partition coefficient (Wildman–Crippen LogP) is 2.85. The van der Waals surface area contributed by atoms with E-state index in [0.29, 0.717) is 39.6 Å². The maximum atomic E-state index is 12.7. The summed E-state index contributed by atoms with van der Waals surface area (Å²) in [6.45, 7) is 4.27. The molecule has 0 aromatic carbocycles. The summed E-state index contributed by atoms with van der Waals surface area (Å²) in [4.78, 5) is 35.2. The SMILES string of the molecule is COC(=O)c1sc2nc(CN(Cc3ccco3)CC3CCCO3)[nH]c(=O)c2c1C. The first-order chi connectivity index (χ1) is 14.0. The number of aromatic amines is 1. The van der Waals surface area contributed by atoms with Gasteiger partial charge in [0, 0.05) is 13.2 Å². The van der Waals surface area contributed by atoms with Gasteiger partial charge < -0.3 is 18.9 Å². The molecule has 3 aromatic heterocycles. The summed E-state index contributed by atoms with van der Waals surface area (Å²) in [6, 6.07) is 3.78. The molecular formula is C20H23N3O5S. The van der Waals surface area contributed by atoms with Crippen LogP contribution in [-0.2, 0) is 22.6 Å². The second-order valence-electron chi connectivity index (χ2n) is 7.12. The van der Waals surface area contributed by atoms with Gasteiger partial charge in [-0.05, 0) is 37.5 Å². The van der Waals surface area contributed by atoms with E-state index >= 15 is 0 Å². The largest absolute Gasteiger partial charge is 0.468 e. The van der Waals surface area contributed by atoms with Crippen molar-refractivity contribution in [3.05, 3.63) is 50.8 Å². The van der Waals surface area contributed by atoms with Gasteiger partial charge in [0.25, 0.3) is 5.56 Å². The Labute approximate surface area is 171 Å². The molecule has 0 bridgehead atoms. The minimum Gasteiger partial charge on any atom is -0.468 e. The molecule has 4 rings (SSSR count). The van der Waals surface area contributed by atoms with Crippen molar-refractivity contribution in [3.8, 4) is 0 Å². The molecule has 0 aliphatic carbocycles. The summed E-state index contributed by atoms with van der Waals surface area (Å²) >= 11 is 1.18. The van der Waals surface area contributed by atoms with Crippen LogP contribution in [0, 0.1) is 6.92 Å². The van der Waals surface area contributed by atoms with Crippen LogP contribution in [0.5, 0.6) is 0 Å². The molecule has 8 nitrogen and oxygen atoms in total. The van der Waals surface area contributed by atoms with E-state index in [0.717, 1.165) is 31.8 Å². The Bertz CT molecular complexity index is 1050. The number of carbonyl (C=O) groups is 1. The van der Waals surface area contributed by atoms with Crippen molar-refractivity contribution >= 4 is 27.5 Å². The van der Waals surface area contributed by atoms with Gasteiger partial charge in [0.2, 0.25) is 0 Å². The van der Waals surface area contributed by atoms with Crippen LogP contribution in [0.3, 0.4) is 0 Å². The molecule has 0 radical (unpaired) electrons. The molecule has 29 heavy (non-hydrogen) atoms. The van der Waals surface area contributed by atoms with Crippen molar-refractivity contribution in [2.45, 2.75) is 39.0 Å². The van der Waals surface area contributed by atoms with Gasteiger partial charge in [-0.1, -0.05) is 0 Å². The highest BCUT2D eigenvalue weighted by atomic mass is 32.1. The van der Waals surface area contributed by atoms with Crippen LogP contribution in [0.1, 0.15) is 39.7 Å². The number of hydrogen-bond donors (Lipinski definition) is 1. The number of rotatable bonds is 7. The summed E-state index contributed by atoms with van der Waals surface area (Å²) in [6.07, 6.45) is 3.89. The van der Waals surface area contributed by atoms with E-state index < -0.39 is 5.97 Å². The number of hydrogen-bond acceptors (Lipinski definition) is 8. The van der Waals surface area contributed by atoms with Crippen LogP contribution in [0.25, 0.3) is 10.2 Å². The first kappa shape index (κ1) is 19.8. The number of H-pyrrole nitrogens is 1. The molecule has 4 heterocycles. The number of nitrogens with one attached hydrogen (secondary N) is 1. The Hall–Kier alpha value is -2.49. The Morgan fingerprint density at radius 1 is 1.45 bits per heavy atom. The molecule has 1 saturated heterocycles. The molecule has 1 N–H and O–H groups in total. The number of esters is 1. The minimum atomic E-state index is -0.454. The zero-order chi connectivity index (χ0) is 20.4. The molecule has 154 valence electrons. The molecule has 1 atom stereocenters. The van der Waals surface area contributed by atoms with Gasteiger partial charge in [-0.2, -0.15) is 0 Å². The molecule has 1 unspecified atom stereocenters. The molecule has 1 aliphatic rings. The molecule has 1 fully saturated rings. The van der Waals surface area contributed by atoms with E-state index in [1.807, 2.05) is 12.1 Å². The lowest BCUT2D eigenvalue weighted by atomic mass is 10.2. The molecule has 0 spiro atoms. The van der Waals surface area contributed by atoms with E-state index in [1.165, 1.54) is 18.4 Å². The second kappa shape index (κ2) is 8.48. The number of nitrogens with zero attached hydrogens (tertiary/aromatic N) is 2. The zero-order valence-corrected chi connectivity index (χ0v) is 17.2. The summed E-state index contributed by atoms with van der Waals surface area (Å²) in [7, 11) is 1.33. The lowest BCUT2D eigenvalue weighted by molar-refractivity contribution is 0.0605. The van der Waals surface area contributed by atoms with E-state index in [4.69, 9.17) is 13.9 Å². The maximum Gasteiger partial charge on any atom is 0.348 e. The maximum absolute atomic E-state index is 12.7. The fraction of sp³-hybridized carbons (Fsp3) is 0.450. The summed E-state index contributed by atoms with van der Waals surface area (Å²) in [5.74, 6) is 0.931. The van der Waals surface area contributed by atoms with E-state index in [-0.39, 0.29) is 11.7 Å². The second-order valence-corrected chi connectivity index (χ2v) is 8.12. The van der Waals surface area contributed by atoms with Gasteiger partial charge in [0.1, 0.15) is 21.3 Å². The average molecular weight is 417 g/mol. The van der Waals surface area contributed by atoms with Crippen molar-refractivity contribution in [2.24, 2.45) is 0 Å². The number of aryl methyl sites for hydroxylation is 1. The first-order valence-electron chi connectivity index (χ1n) is 9.52. The Balaban J connectivity index is 1.62. The number of methoxy groups -OCH3 is 1. The Morgan fingerprint density at radius 2 is 2.31 bits per heavy atom. The van der Waals surface area contributed by atoms with Crippen LogP contribution < -0.4 is 5.56 Å². The molecule has 1 aliphatic heterocycles. The van der Waals surface area contributed by atoms with E-state index in [1.54, 1.807) is 13.2 Å². The average Bonchev–Trinajstić information content (AvgIpc) is 3.43. The molecular weight excluding hydrogens is 394 g/mol. The molecule has 9 heteroatoms. The highest BCUT2D eigenvalue weighted by Crippen LogP contribution is 2.27. The predicted molar refractivity (Wildman–Crippen MR) is 108 cm³/mol. The number of aromatic nitrogens is 2. The zero-order valence-electron chi connectivity index (χ0n) is 16.4. The Kier molecular flexibility index (Phi) is 5.79. The monoisotopic (exact) mass is 417 g/mol. The minimum absolute atomic E-state index is 0.162. The quantitative estimate of drug-likeness (QED) is 0.590. The summed E-state index contributed by atoms with van der Waals surface area (Å²) in [5.41, 5.74) is 0.355. The van der Waals surface area contributed by atoms with Crippen LogP contribution in [0.2, 0.25) is 0 Å². The van der Waals surface area contributed by atoms with Gasteiger partial charge in [-0.3, -0.25) is 9.69 Å². The van der Waals surface area contributed by atoms with Crippen molar-refractivity contribution in [2.75, 3.05) is 20.3 Å². The van der Waals surface area contributed by atoms with Crippen LogP contribution in [0.15, 0.2) is 27.6 Å². The van der Waals surface area contributed by atoms with E-state index in [9.17, 15) is 9.59 Å². The van der Waals surface area contributed by atoms with Gasteiger partial charge in [0.05, 0.1) is 38.0 Å². The van der Waals surface area contributed by atoms with Crippen molar-refractivity contribution in [1.82, 2.24) is 14.9 Å². The van der Waals surface area contributed by atoms with Gasteiger partial charge in [-0.15, -0.1) is 11.3 Å². The van der Waals surface area contributed by atoms with Crippen LogP contribution in [0.4, 0.5) is 0 Å². The number of ether oxygens (including phenoxy) is 2. The standard InChI is InChI=1S/C20H23N3O5S/c1-12-16-18(24)21-15(22-19(16)29-17(12)20(25)26-2)11-23(9-13-5-3-7-27-13)10-14-6-4-8-28-14/h3,5,7,14H,4,6,8-11H2,1-2H3,(H,21,22,24). The van der Waals surface area contributed by atoms with E-state index in [2.05, 4.69) is 14.9 Å². The van der Waals surface area contributed by atoms with Crippen molar-refractivity contribution < 1.29 is 18.7 Å². The number of carbonyl (C=O) groups excluding carboxylic acids is 1. The molecule has 0 amide bonds. The number of fused-ring (bicyclic) bond motifs is 1. The lowest BCUT2D eigenvalue weighted by Gasteiger charge is -2.23. The fourth-order valence-corrected chi connectivity index (χ4v) is 4.77. The normalized spacial score (nSPS) is 16.7. The van der Waals surface area contributed by atoms with Crippen LogP contribution >= 0.6 is 11.3 Å². The van der Waals surface area contributed by atoms with Gasteiger partial charge >= 0.3 is 5.97 Å². The smallest absolute Gasteiger partial charge is 0.348 e. The third-order valence-electron chi connectivity index (χ3n) is 5.04. The van der Waals surface area contributed by atoms with Crippen molar-refractivity contribution in [3.63, 3.8) is 0 Å². The molecule has 3 aromatic rings. The van der Waals surface area contributed by atoms with Gasteiger partial charge in [0.15, 0.2) is 0 Å². The van der Waals surface area contributed by atoms with Crippen molar-refractivity contribution in [1.29, 1.82) is 0 Å². The van der Waals surface area contributed by atoms with Gasteiger partial charge in [-0.25, -0.2) is 9.78 Å². The topological polar surface area (TPSA) is 97.7 Å². The third kappa shape index (κ3) is 4.26. The summed E-state index contributed by atoms with van der Waals surface area (Å²) in [5, 5.41) is 0.441. The highest BCUT2D eigenvalue weighted by Gasteiger charge is 2.23. The molecule has 0 saturated carbocycles. The lowest BCUT2D eigenvalue weighted by Crippen LogP contribution is -2.32. The Morgan fingerprint density at radius 3 is 3.00 bits per heavy atom. The highest BCUT2D eigenvalue weighted by molar-refractivity contribution is 7.20. The first-order valence-corrected chi connectivity index (χ1v) is 10.3. The number of thiophene rings is 1.